The third kappa shape index (κ3) is 1.89. The number of fused-ring (bicyclic) bond motifs is 5. The highest BCUT2D eigenvalue weighted by molar-refractivity contribution is 9.10. The zero-order valence-electron chi connectivity index (χ0n) is 11.8. The van der Waals surface area contributed by atoms with Crippen molar-refractivity contribution in [3.8, 4) is 0 Å². The molecule has 3 aliphatic carbocycles. The van der Waals surface area contributed by atoms with E-state index >= 15 is 0 Å². The monoisotopic (exact) mass is 337 g/mol. The molecule has 5 atom stereocenters. The third-order valence-electron chi connectivity index (χ3n) is 5.90. The highest BCUT2D eigenvalue weighted by Gasteiger charge is 2.66. The van der Waals surface area contributed by atoms with E-state index < -0.39 is 0 Å². The van der Waals surface area contributed by atoms with E-state index in [1.165, 1.54) is 19.3 Å². The van der Waals surface area contributed by atoms with Crippen LogP contribution in [0.1, 0.15) is 37.8 Å². The van der Waals surface area contributed by atoms with Crippen molar-refractivity contribution in [2.75, 3.05) is 6.54 Å². The van der Waals surface area contributed by atoms with Gasteiger partial charge in [0.1, 0.15) is 5.82 Å². The van der Waals surface area contributed by atoms with Crippen molar-refractivity contribution in [1.29, 1.82) is 0 Å². The second kappa shape index (κ2) is 4.81. The molecule has 3 fully saturated rings. The van der Waals surface area contributed by atoms with Gasteiger partial charge in [-0.25, -0.2) is 4.39 Å². The van der Waals surface area contributed by atoms with E-state index in [9.17, 15) is 4.39 Å². The average Bonchev–Trinajstić information content (AvgIpc) is 2.86. The van der Waals surface area contributed by atoms with Gasteiger partial charge >= 0.3 is 0 Å². The molecule has 0 aliphatic heterocycles. The zero-order valence-corrected chi connectivity index (χ0v) is 13.4. The fourth-order valence-electron chi connectivity index (χ4n) is 5.26. The van der Waals surface area contributed by atoms with Crippen molar-refractivity contribution in [2.24, 2.45) is 29.6 Å². The van der Waals surface area contributed by atoms with Gasteiger partial charge in [-0.2, -0.15) is 0 Å². The quantitative estimate of drug-likeness (QED) is 0.850. The van der Waals surface area contributed by atoms with Crippen LogP contribution in [0.15, 0.2) is 22.7 Å². The molecule has 1 N–H and O–H groups in total. The van der Waals surface area contributed by atoms with E-state index in [2.05, 4.69) is 28.2 Å². The van der Waals surface area contributed by atoms with E-state index in [1.54, 1.807) is 12.1 Å². The molecule has 0 amide bonds. The van der Waals surface area contributed by atoms with Crippen LogP contribution in [-0.4, -0.2) is 6.54 Å². The summed E-state index contributed by atoms with van der Waals surface area (Å²) >= 11 is 3.49. The Morgan fingerprint density at radius 2 is 2.00 bits per heavy atom. The van der Waals surface area contributed by atoms with Crippen LogP contribution in [0.3, 0.4) is 0 Å². The van der Waals surface area contributed by atoms with Gasteiger partial charge in [-0.15, -0.1) is 0 Å². The Bertz CT molecular complexity index is 516. The second-order valence-corrected chi connectivity index (χ2v) is 7.68. The number of rotatable bonds is 4. The molecule has 0 heterocycles. The Labute approximate surface area is 128 Å². The molecule has 2 bridgehead atoms. The first-order valence-electron chi connectivity index (χ1n) is 7.89. The van der Waals surface area contributed by atoms with Crippen molar-refractivity contribution in [2.45, 2.75) is 32.2 Å². The number of hydrogen-bond donors (Lipinski definition) is 1. The summed E-state index contributed by atoms with van der Waals surface area (Å²) in [6.07, 6.45) is 4.29. The SMILES string of the molecule is CCNC(c1cc(Br)ccc1F)C1C2C3CCC(C3)C21. The van der Waals surface area contributed by atoms with Gasteiger partial charge < -0.3 is 5.32 Å². The van der Waals surface area contributed by atoms with E-state index in [-0.39, 0.29) is 11.9 Å². The van der Waals surface area contributed by atoms with Crippen molar-refractivity contribution >= 4 is 15.9 Å². The minimum atomic E-state index is -0.0588. The maximum Gasteiger partial charge on any atom is 0.128 e. The smallest absolute Gasteiger partial charge is 0.128 e. The molecule has 0 radical (unpaired) electrons. The summed E-state index contributed by atoms with van der Waals surface area (Å²) in [5.41, 5.74) is 0.861. The van der Waals surface area contributed by atoms with Gasteiger partial charge in [-0.3, -0.25) is 0 Å². The Kier molecular flexibility index (Phi) is 3.19. The second-order valence-electron chi connectivity index (χ2n) is 6.77. The van der Waals surface area contributed by atoms with Crippen LogP contribution >= 0.6 is 15.9 Å². The topological polar surface area (TPSA) is 12.0 Å². The Morgan fingerprint density at radius 3 is 2.65 bits per heavy atom. The molecule has 3 saturated carbocycles. The fraction of sp³-hybridized carbons (Fsp3) is 0.647. The van der Waals surface area contributed by atoms with Crippen LogP contribution in [0.2, 0.25) is 0 Å². The van der Waals surface area contributed by atoms with Gasteiger partial charge in [-0.05, 0) is 73.6 Å². The van der Waals surface area contributed by atoms with E-state index in [4.69, 9.17) is 0 Å². The standard InChI is InChI=1S/C17H21BrFN/c1-2-20-17(12-8-11(18)5-6-13(12)19)16-14-9-3-4-10(7-9)15(14)16/h5-6,8-10,14-17,20H,2-4,7H2,1H3. The molecule has 4 rings (SSSR count). The average molecular weight is 338 g/mol. The van der Waals surface area contributed by atoms with Crippen molar-refractivity contribution in [3.63, 3.8) is 0 Å². The van der Waals surface area contributed by atoms with Crippen LogP contribution in [0, 0.1) is 35.4 Å². The highest BCUT2D eigenvalue weighted by atomic mass is 79.9. The predicted molar refractivity (Wildman–Crippen MR) is 81.8 cm³/mol. The van der Waals surface area contributed by atoms with Crippen LogP contribution in [0.5, 0.6) is 0 Å². The van der Waals surface area contributed by atoms with Crippen molar-refractivity contribution in [3.05, 3.63) is 34.1 Å². The van der Waals surface area contributed by atoms with Gasteiger partial charge in [0.05, 0.1) is 0 Å². The van der Waals surface area contributed by atoms with Crippen LogP contribution < -0.4 is 5.32 Å². The van der Waals surface area contributed by atoms with Crippen LogP contribution in [0.4, 0.5) is 4.39 Å². The Morgan fingerprint density at radius 1 is 1.30 bits per heavy atom. The zero-order chi connectivity index (χ0) is 13.9. The minimum Gasteiger partial charge on any atom is -0.310 e. The van der Waals surface area contributed by atoms with Crippen LogP contribution in [0.25, 0.3) is 0 Å². The summed E-state index contributed by atoms with van der Waals surface area (Å²) < 4.78 is 15.2. The molecule has 3 aliphatic rings. The summed E-state index contributed by atoms with van der Waals surface area (Å²) in [6, 6.07) is 5.56. The first kappa shape index (κ1) is 13.3. The van der Waals surface area contributed by atoms with Crippen molar-refractivity contribution in [1.82, 2.24) is 5.32 Å². The maximum atomic E-state index is 14.3. The lowest BCUT2D eigenvalue weighted by molar-refractivity contribution is 0.366. The summed E-state index contributed by atoms with van der Waals surface area (Å²) in [6.45, 7) is 3.03. The molecule has 0 spiro atoms. The Hall–Kier alpha value is -0.410. The van der Waals surface area contributed by atoms with E-state index in [1.807, 2.05) is 6.07 Å². The lowest BCUT2D eigenvalue weighted by Crippen LogP contribution is -2.26. The molecule has 0 aromatic heterocycles. The minimum absolute atomic E-state index is 0.0588. The van der Waals surface area contributed by atoms with Crippen molar-refractivity contribution < 1.29 is 4.39 Å². The normalized spacial score (nSPS) is 38.9. The first-order valence-corrected chi connectivity index (χ1v) is 8.68. The third-order valence-corrected chi connectivity index (χ3v) is 6.39. The number of benzene rings is 1. The number of nitrogens with one attached hydrogen (secondary N) is 1. The molecule has 5 unspecified atom stereocenters. The summed E-state index contributed by atoms with van der Waals surface area (Å²) in [7, 11) is 0. The van der Waals surface area contributed by atoms with Gasteiger partial charge in [0.2, 0.25) is 0 Å². The molecule has 1 nitrogen and oxygen atoms in total. The molecule has 0 saturated heterocycles. The molecule has 1 aromatic rings. The molecule has 108 valence electrons. The highest BCUT2D eigenvalue weighted by Crippen LogP contribution is 2.72. The summed E-state index contributed by atoms with van der Waals surface area (Å²) in [5, 5.41) is 3.57. The van der Waals surface area contributed by atoms with E-state index in [0.717, 1.165) is 40.3 Å². The summed E-state index contributed by atoms with van der Waals surface area (Å²) in [4.78, 5) is 0. The predicted octanol–water partition coefficient (Wildman–Crippen LogP) is 4.53. The molecule has 3 heteroatoms. The molecule has 20 heavy (non-hydrogen) atoms. The Balaban J connectivity index is 1.64. The largest absolute Gasteiger partial charge is 0.310 e. The number of halogens is 2. The summed E-state index contributed by atoms with van der Waals surface area (Å²) in [5.74, 6) is 4.23. The maximum absolute atomic E-state index is 14.3. The van der Waals surface area contributed by atoms with E-state index in [0.29, 0.717) is 5.92 Å². The van der Waals surface area contributed by atoms with Crippen LogP contribution in [-0.2, 0) is 0 Å². The molecule has 1 aromatic carbocycles. The lowest BCUT2D eigenvalue weighted by atomic mass is 9.92. The van der Waals surface area contributed by atoms with Gasteiger partial charge in [0, 0.05) is 16.1 Å². The lowest BCUT2D eigenvalue weighted by Gasteiger charge is -2.22. The van der Waals surface area contributed by atoms with Gasteiger partial charge in [0.15, 0.2) is 0 Å². The molecular weight excluding hydrogens is 317 g/mol. The first-order chi connectivity index (χ1) is 9.70. The van der Waals surface area contributed by atoms with Gasteiger partial charge in [-0.1, -0.05) is 22.9 Å². The number of hydrogen-bond acceptors (Lipinski definition) is 1. The molecular formula is C17H21BrFN. The fourth-order valence-corrected chi connectivity index (χ4v) is 5.64. The van der Waals surface area contributed by atoms with Gasteiger partial charge in [0.25, 0.3) is 0 Å².